The molecule has 0 aromatic rings. The van der Waals surface area contributed by atoms with E-state index < -0.39 is 0 Å². The molecule has 2 aliphatic rings. The second kappa shape index (κ2) is 5.57. The van der Waals surface area contributed by atoms with Crippen molar-refractivity contribution in [3.8, 4) is 0 Å². The summed E-state index contributed by atoms with van der Waals surface area (Å²) in [6, 6.07) is 0. The second-order valence-corrected chi connectivity index (χ2v) is 8.79. The van der Waals surface area contributed by atoms with Gasteiger partial charge in [0, 0.05) is 11.8 Å². The maximum Gasteiger partial charge on any atom is 0.306 e. The summed E-state index contributed by atoms with van der Waals surface area (Å²) in [5, 5.41) is 0. The smallest absolute Gasteiger partial charge is 0.306 e. The monoisotopic (exact) mass is 295 g/mol. The number of hydrogen-bond donors (Lipinski definition) is 1. The molecule has 2 aliphatic carbocycles. The average molecular weight is 295 g/mol. The Morgan fingerprint density at radius 3 is 2.43 bits per heavy atom. The van der Waals surface area contributed by atoms with E-state index >= 15 is 0 Å². The molecule has 0 aromatic carbocycles. The fraction of sp³-hybridized carbons (Fsp3) is 0.944. The Kier molecular flexibility index (Phi) is 4.45. The van der Waals surface area contributed by atoms with Gasteiger partial charge in [-0.15, -0.1) is 0 Å². The highest BCUT2D eigenvalue weighted by atomic mass is 16.5. The quantitative estimate of drug-likeness (QED) is 0.756. The van der Waals surface area contributed by atoms with Crippen molar-refractivity contribution < 1.29 is 9.53 Å². The van der Waals surface area contributed by atoms with Crippen LogP contribution in [0.25, 0.3) is 0 Å². The molecule has 3 unspecified atom stereocenters. The normalized spacial score (nSPS) is 34.2. The molecule has 2 rings (SSSR count). The molecule has 2 bridgehead atoms. The SMILES string of the molecule is CC(C)(CCN)CCC(=O)OC1CC2CCC1(C)C2(C)C. The van der Waals surface area contributed by atoms with Crippen molar-refractivity contribution >= 4 is 5.97 Å². The first-order valence-corrected chi connectivity index (χ1v) is 8.52. The molecule has 0 spiro atoms. The van der Waals surface area contributed by atoms with Crippen LogP contribution in [0, 0.1) is 22.2 Å². The molecule has 3 atom stereocenters. The summed E-state index contributed by atoms with van der Waals surface area (Å²) in [5.74, 6) is 0.698. The van der Waals surface area contributed by atoms with Crippen LogP contribution < -0.4 is 5.73 Å². The van der Waals surface area contributed by atoms with E-state index in [0.29, 0.717) is 24.3 Å². The molecule has 0 radical (unpaired) electrons. The number of nitrogens with two attached hydrogens (primary N) is 1. The van der Waals surface area contributed by atoms with E-state index in [4.69, 9.17) is 10.5 Å². The Labute approximate surface area is 130 Å². The molecule has 0 heterocycles. The molecule has 0 saturated heterocycles. The number of rotatable bonds is 6. The van der Waals surface area contributed by atoms with Gasteiger partial charge in [-0.1, -0.05) is 34.6 Å². The lowest BCUT2D eigenvalue weighted by atomic mass is 9.70. The number of ether oxygens (including phenoxy) is 1. The molecular weight excluding hydrogens is 262 g/mol. The Balaban J connectivity index is 1.88. The summed E-state index contributed by atoms with van der Waals surface area (Å²) in [4.78, 5) is 12.2. The van der Waals surface area contributed by atoms with Gasteiger partial charge in [0.05, 0.1) is 0 Å². The lowest BCUT2D eigenvalue weighted by Gasteiger charge is -2.38. The van der Waals surface area contributed by atoms with Crippen molar-refractivity contribution in [2.24, 2.45) is 27.9 Å². The molecular formula is C18H33NO2. The van der Waals surface area contributed by atoms with E-state index in [2.05, 4.69) is 34.6 Å². The van der Waals surface area contributed by atoms with E-state index in [0.717, 1.165) is 19.3 Å². The highest BCUT2D eigenvalue weighted by Gasteiger charge is 2.62. The third kappa shape index (κ3) is 2.99. The minimum absolute atomic E-state index is 0.0188. The van der Waals surface area contributed by atoms with Crippen LogP contribution in [0.2, 0.25) is 0 Å². The highest BCUT2D eigenvalue weighted by molar-refractivity contribution is 5.69. The van der Waals surface area contributed by atoms with Crippen LogP contribution in [0.15, 0.2) is 0 Å². The molecule has 122 valence electrons. The van der Waals surface area contributed by atoms with Gasteiger partial charge >= 0.3 is 5.97 Å². The van der Waals surface area contributed by atoms with E-state index in [1.54, 1.807) is 0 Å². The maximum absolute atomic E-state index is 12.2. The average Bonchev–Trinajstić information content (AvgIpc) is 2.70. The Bertz CT molecular complexity index is 402. The predicted molar refractivity (Wildman–Crippen MR) is 85.8 cm³/mol. The molecule has 3 heteroatoms. The predicted octanol–water partition coefficient (Wildman–Crippen LogP) is 3.90. The first-order chi connectivity index (χ1) is 9.62. The van der Waals surface area contributed by atoms with Crippen molar-refractivity contribution in [2.45, 2.75) is 79.2 Å². The number of esters is 1. The van der Waals surface area contributed by atoms with Gasteiger partial charge < -0.3 is 10.5 Å². The van der Waals surface area contributed by atoms with Gasteiger partial charge in [-0.25, -0.2) is 0 Å². The second-order valence-electron chi connectivity index (χ2n) is 8.79. The highest BCUT2D eigenvalue weighted by Crippen LogP contribution is 2.66. The van der Waals surface area contributed by atoms with Crippen LogP contribution in [-0.2, 0) is 9.53 Å². The number of carbonyl (C=O) groups is 1. The Hall–Kier alpha value is -0.570. The van der Waals surface area contributed by atoms with Crippen molar-refractivity contribution in [2.75, 3.05) is 6.54 Å². The number of carbonyl (C=O) groups excluding carboxylic acids is 1. The van der Waals surface area contributed by atoms with Crippen LogP contribution in [0.5, 0.6) is 0 Å². The van der Waals surface area contributed by atoms with Crippen molar-refractivity contribution in [1.82, 2.24) is 0 Å². The molecule has 2 saturated carbocycles. The van der Waals surface area contributed by atoms with Gasteiger partial charge in [0.2, 0.25) is 0 Å². The maximum atomic E-state index is 12.2. The van der Waals surface area contributed by atoms with Gasteiger partial charge in [-0.2, -0.15) is 0 Å². The summed E-state index contributed by atoms with van der Waals surface area (Å²) in [6.45, 7) is 12.0. The van der Waals surface area contributed by atoms with Crippen molar-refractivity contribution in [1.29, 1.82) is 0 Å². The van der Waals surface area contributed by atoms with Gasteiger partial charge in [-0.3, -0.25) is 4.79 Å². The largest absolute Gasteiger partial charge is 0.462 e. The third-order valence-corrected chi connectivity index (χ3v) is 6.81. The van der Waals surface area contributed by atoms with Gasteiger partial charge in [0.1, 0.15) is 6.10 Å². The van der Waals surface area contributed by atoms with Gasteiger partial charge in [0.25, 0.3) is 0 Å². The minimum atomic E-state index is -0.0188. The van der Waals surface area contributed by atoms with Crippen LogP contribution in [0.1, 0.15) is 73.1 Å². The van der Waals surface area contributed by atoms with Gasteiger partial charge in [0.15, 0.2) is 0 Å². The molecule has 2 fully saturated rings. The molecule has 3 nitrogen and oxygen atoms in total. The lowest BCUT2D eigenvalue weighted by molar-refractivity contribution is -0.157. The Morgan fingerprint density at radius 2 is 1.95 bits per heavy atom. The van der Waals surface area contributed by atoms with E-state index in [-0.39, 0.29) is 22.9 Å². The first-order valence-electron chi connectivity index (χ1n) is 8.52. The van der Waals surface area contributed by atoms with E-state index in [9.17, 15) is 4.79 Å². The van der Waals surface area contributed by atoms with E-state index in [1.807, 2.05) is 0 Å². The summed E-state index contributed by atoms with van der Waals surface area (Å²) < 4.78 is 5.89. The summed E-state index contributed by atoms with van der Waals surface area (Å²) in [6.07, 6.45) is 6.00. The van der Waals surface area contributed by atoms with E-state index in [1.165, 1.54) is 12.8 Å². The third-order valence-electron chi connectivity index (χ3n) is 6.81. The zero-order valence-corrected chi connectivity index (χ0v) is 14.5. The number of fused-ring (bicyclic) bond motifs is 2. The zero-order valence-electron chi connectivity index (χ0n) is 14.5. The molecule has 0 amide bonds. The fourth-order valence-electron chi connectivity index (χ4n) is 4.48. The zero-order chi connectivity index (χ0) is 15.9. The summed E-state index contributed by atoms with van der Waals surface area (Å²) in [7, 11) is 0. The molecule has 0 aromatic heterocycles. The molecule has 0 aliphatic heterocycles. The van der Waals surface area contributed by atoms with Crippen LogP contribution in [0.4, 0.5) is 0 Å². The van der Waals surface area contributed by atoms with Crippen LogP contribution in [0.3, 0.4) is 0 Å². The number of hydrogen-bond acceptors (Lipinski definition) is 3. The lowest BCUT2D eigenvalue weighted by Crippen LogP contribution is -2.38. The van der Waals surface area contributed by atoms with Crippen LogP contribution >= 0.6 is 0 Å². The first kappa shape index (κ1) is 16.8. The Morgan fingerprint density at radius 1 is 1.29 bits per heavy atom. The summed E-state index contributed by atoms with van der Waals surface area (Å²) >= 11 is 0. The summed E-state index contributed by atoms with van der Waals surface area (Å²) in [5.41, 5.74) is 6.22. The fourth-order valence-corrected chi connectivity index (χ4v) is 4.48. The standard InChI is InChI=1S/C18H33NO2/c1-16(2,10-11-19)8-7-15(20)21-14-12-13-6-9-18(14,5)17(13,3)4/h13-14H,6-12,19H2,1-5H3. The van der Waals surface area contributed by atoms with Crippen LogP contribution in [-0.4, -0.2) is 18.6 Å². The minimum Gasteiger partial charge on any atom is -0.462 e. The topological polar surface area (TPSA) is 52.3 Å². The van der Waals surface area contributed by atoms with Crippen molar-refractivity contribution in [3.05, 3.63) is 0 Å². The van der Waals surface area contributed by atoms with Gasteiger partial charge in [-0.05, 0) is 55.4 Å². The van der Waals surface area contributed by atoms with Crippen molar-refractivity contribution in [3.63, 3.8) is 0 Å². The molecule has 21 heavy (non-hydrogen) atoms. The molecule has 2 N–H and O–H groups in total.